The lowest BCUT2D eigenvalue weighted by molar-refractivity contribution is -0.266. The molecule has 16 nitrogen and oxygen atoms in total. The molecule has 0 radical (unpaired) electrons. The van der Waals surface area contributed by atoms with E-state index in [2.05, 4.69) is 11.6 Å². The number of ether oxygens (including phenoxy) is 6. The molecule has 1 aliphatic heterocycles. The van der Waals surface area contributed by atoms with E-state index in [-0.39, 0.29) is 16.7 Å². The summed E-state index contributed by atoms with van der Waals surface area (Å²) in [6.07, 6.45) is -2.17. The van der Waals surface area contributed by atoms with Crippen LogP contribution in [0, 0.1) is 28.1 Å². The number of aromatic nitrogens is 1. The van der Waals surface area contributed by atoms with Gasteiger partial charge >= 0.3 is 35.8 Å². The molecule has 10 atom stereocenters. The van der Waals surface area contributed by atoms with Crippen molar-refractivity contribution in [2.45, 2.75) is 90.5 Å². The number of hydrogen-bond acceptors (Lipinski definition) is 16. The van der Waals surface area contributed by atoms with Gasteiger partial charge in [0.1, 0.15) is 18.3 Å². The molecule has 2 aromatic heterocycles. The first-order valence-electron chi connectivity index (χ1n) is 19.8. The van der Waals surface area contributed by atoms with Gasteiger partial charge in [0.25, 0.3) is 0 Å². The van der Waals surface area contributed by atoms with Crippen molar-refractivity contribution >= 4 is 47.7 Å². The Hall–Kier alpha value is -6.42. The van der Waals surface area contributed by atoms with E-state index in [0.29, 0.717) is 5.56 Å². The molecule has 6 rings (SSSR count). The van der Waals surface area contributed by atoms with Crippen molar-refractivity contribution < 1.29 is 71.5 Å². The number of Topliss-reactive ketones (excluding diaryl/α,β-unsaturated/α-hetero) is 1. The summed E-state index contributed by atoms with van der Waals surface area (Å²) in [5.41, 5.74) is -7.13. The molecule has 3 heterocycles. The average Bonchev–Trinajstić information content (AvgIpc) is 3.77. The minimum atomic E-state index is -2.22. The van der Waals surface area contributed by atoms with Crippen molar-refractivity contribution in [1.82, 2.24) is 4.98 Å². The van der Waals surface area contributed by atoms with Gasteiger partial charge in [0, 0.05) is 49.7 Å². The minimum absolute atomic E-state index is 0.0337. The predicted octanol–water partition coefficient (Wildman–Crippen LogP) is 5.09. The van der Waals surface area contributed by atoms with Gasteiger partial charge in [-0.2, -0.15) is 0 Å². The first kappa shape index (κ1) is 45.1. The van der Waals surface area contributed by atoms with Crippen LogP contribution in [0.4, 0.5) is 0 Å². The number of furan rings is 1. The predicted molar refractivity (Wildman–Crippen MR) is 215 cm³/mol. The monoisotopic (exact) mass is 855 g/mol. The molecular weight excluding hydrogens is 806 g/mol. The van der Waals surface area contributed by atoms with E-state index in [9.17, 15) is 33.9 Å². The molecule has 328 valence electrons. The molecule has 0 bridgehead atoms. The quantitative estimate of drug-likeness (QED) is 0.115. The Morgan fingerprint density at radius 1 is 0.952 bits per heavy atom. The van der Waals surface area contributed by atoms with Crippen LogP contribution in [0.15, 0.2) is 96.1 Å². The molecule has 1 aromatic carbocycles. The largest absolute Gasteiger partial charge is 0.472 e. The number of pyridine rings is 1. The fourth-order valence-electron chi connectivity index (χ4n) is 10.0. The fourth-order valence-corrected chi connectivity index (χ4v) is 10.0. The molecule has 1 N–H and O–H groups in total. The van der Waals surface area contributed by atoms with Crippen LogP contribution in [0.3, 0.4) is 0 Å². The van der Waals surface area contributed by atoms with E-state index < -0.39 is 119 Å². The molecule has 0 amide bonds. The second-order valence-electron chi connectivity index (χ2n) is 16.8. The number of aliphatic hydroxyl groups is 1. The molecule has 62 heavy (non-hydrogen) atoms. The molecular formula is C46H49NO15. The van der Waals surface area contributed by atoms with Gasteiger partial charge in [0.2, 0.25) is 0 Å². The summed E-state index contributed by atoms with van der Waals surface area (Å²) in [4.78, 5) is 102. The van der Waals surface area contributed by atoms with Gasteiger partial charge in [-0.1, -0.05) is 57.7 Å². The number of carbonyl (C=O) groups is 7. The van der Waals surface area contributed by atoms with Crippen LogP contribution in [0.5, 0.6) is 0 Å². The number of esters is 6. The third-order valence-electron chi connectivity index (χ3n) is 12.9. The van der Waals surface area contributed by atoms with E-state index in [1.54, 1.807) is 44.2 Å². The Morgan fingerprint density at radius 3 is 2.26 bits per heavy atom. The summed E-state index contributed by atoms with van der Waals surface area (Å²) in [6, 6.07) is 13.1. The van der Waals surface area contributed by atoms with Crippen LogP contribution in [0.1, 0.15) is 82.0 Å². The highest BCUT2D eigenvalue weighted by Gasteiger charge is 2.78. The number of methoxy groups -OCH3 is 1. The van der Waals surface area contributed by atoms with E-state index in [1.807, 2.05) is 0 Å². The van der Waals surface area contributed by atoms with E-state index in [4.69, 9.17) is 32.8 Å². The maximum atomic E-state index is 15.9. The van der Waals surface area contributed by atoms with Crippen LogP contribution in [-0.4, -0.2) is 88.8 Å². The molecule has 0 spiro atoms. The molecule has 16 heteroatoms. The van der Waals surface area contributed by atoms with E-state index in [1.165, 1.54) is 63.0 Å². The Labute approximate surface area is 357 Å². The summed E-state index contributed by atoms with van der Waals surface area (Å²) in [6.45, 7) is 12.6. The van der Waals surface area contributed by atoms with Crippen molar-refractivity contribution in [2.75, 3.05) is 7.11 Å². The van der Waals surface area contributed by atoms with Crippen molar-refractivity contribution in [3.8, 4) is 0 Å². The molecule has 2 saturated carbocycles. The third-order valence-corrected chi connectivity index (χ3v) is 12.9. The van der Waals surface area contributed by atoms with Gasteiger partial charge in [-0.15, -0.1) is 0 Å². The maximum absolute atomic E-state index is 15.9. The van der Waals surface area contributed by atoms with Gasteiger partial charge in [0.05, 0.1) is 43.0 Å². The first-order valence-corrected chi connectivity index (χ1v) is 19.8. The lowest BCUT2D eigenvalue weighted by Crippen LogP contribution is -2.76. The lowest BCUT2D eigenvalue weighted by Gasteiger charge is -2.65. The molecule has 3 aromatic rings. The van der Waals surface area contributed by atoms with E-state index in [0.717, 1.165) is 27.0 Å². The number of aliphatic hydroxyl groups excluding tert-OH is 1. The van der Waals surface area contributed by atoms with Crippen LogP contribution >= 0.6 is 0 Å². The fraction of sp³-hybridized carbons (Fsp3) is 0.435. The average molecular weight is 856 g/mol. The molecule has 10 unspecified atom stereocenters. The zero-order valence-corrected chi connectivity index (χ0v) is 35.4. The highest BCUT2D eigenvalue weighted by atomic mass is 16.6. The van der Waals surface area contributed by atoms with Crippen LogP contribution < -0.4 is 0 Å². The summed E-state index contributed by atoms with van der Waals surface area (Å²) >= 11 is 0. The van der Waals surface area contributed by atoms with Gasteiger partial charge in [0.15, 0.2) is 23.6 Å². The molecule has 3 aliphatic rings. The summed E-state index contributed by atoms with van der Waals surface area (Å²) in [7, 11) is 1.14. The van der Waals surface area contributed by atoms with Crippen molar-refractivity contribution in [3.63, 3.8) is 0 Å². The number of carbonyl (C=O) groups excluding carboxylic acids is 7. The summed E-state index contributed by atoms with van der Waals surface area (Å²) < 4.78 is 40.9. The van der Waals surface area contributed by atoms with Gasteiger partial charge in [-0.3, -0.25) is 29.0 Å². The zero-order chi connectivity index (χ0) is 45.4. The standard InChI is InChI=1S/C46H49NO15/c1-25-35(36(53)40(58-26(2)48)45(7)39(30-18-20-57-24-30)60-34(52)22-46(25,45)62-27(3)49)44(6)31(21-33(51)56-8)43(4,5)38(54)37(61-42(55)29-15-12-19-47-23-29)41(44)59-32(50)17-16-28-13-10-9-11-14-28/h9-20,23-24,31,35,37-41,54H,1,21-22H2,2-8H3. The smallest absolute Gasteiger partial charge is 0.340 e. The number of fused-ring (bicyclic) bond motifs is 1. The maximum Gasteiger partial charge on any atom is 0.340 e. The topological polar surface area (TPSA) is 221 Å². The highest BCUT2D eigenvalue weighted by Crippen LogP contribution is 2.68. The number of hydrogen-bond donors (Lipinski definition) is 1. The van der Waals surface area contributed by atoms with Crippen molar-refractivity contribution in [3.05, 3.63) is 108 Å². The number of benzene rings is 1. The van der Waals surface area contributed by atoms with Crippen LogP contribution in [0.25, 0.3) is 6.08 Å². The van der Waals surface area contributed by atoms with Crippen LogP contribution in [0.2, 0.25) is 0 Å². The van der Waals surface area contributed by atoms with E-state index >= 15 is 4.79 Å². The zero-order valence-electron chi connectivity index (χ0n) is 35.4. The van der Waals surface area contributed by atoms with Crippen molar-refractivity contribution in [2.24, 2.45) is 28.1 Å². The number of nitrogens with zero attached hydrogens (tertiary/aromatic N) is 1. The minimum Gasteiger partial charge on any atom is -0.472 e. The van der Waals surface area contributed by atoms with Crippen molar-refractivity contribution in [1.29, 1.82) is 0 Å². The highest BCUT2D eigenvalue weighted by molar-refractivity contribution is 5.96. The second-order valence-corrected chi connectivity index (χ2v) is 16.8. The normalized spacial score (nSPS) is 31.5. The Morgan fingerprint density at radius 2 is 1.66 bits per heavy atom. The molecule has 2 aliphatic carbocycles. The Kier molecular flexibility index (Phi) is 12.5. The second kappa shape index (κ2) is 17.2. The first-order chi connectivity index (χ1) is 29.2. The SMILES string of the molecule is C=C1C(C2(C)C(OC(=O)C=Cc3ccccc3)C(OC(=O)c3cccnc3)C(O)C(C)(C)C2CC(=O)OC)C(=O)C(OC(C)=O)C2(C)C(c3ccoc3)OC(=O)CC12OC(C)=O. The molecule has 3 fully saturated rings. The number of rotatable bonds is 11. The number of cyclic esters (lactones) is 1. The summed E-state index contributed by atoms with van der Waals surface area (Å²) in [5.74, 6) is -9.44. The van der Waals surface area contributed by atoms with Gasteiger partial charge < -0.3 is 37.9 Å². The van der Waals surface area contributed by atoms with Gasteiger partial charge in [-0.05, 0) is 53.7 Å². The Balaban J connectivity index is 1.65. The lowest BCUT2D eigenvalue weighted by atomic mass is 9.42. The summed E-state index contributed by atoms with van der Waals surface area (Å²) in [5, 5.41) is 12.4. The van der Waals surface area contributed by atoms with Crippen LogP contribution in [-0.2, 0) is 57.2 Å². The molecule has 1 saturated heterocycles. The Bertz CT molecular complexity index is 2270. The number of ketones is 1. The third kappa shape index (κ3) is 7.71. The van der Waals surface area contributed by atoms with Gasteiger partial charge in [-0.25, -0.2) is 9.59 Å².